The Morgan fingerprint density at radius 2 is 1.86 bits per heavy atom. The highest BCUT2D eigenvalue weighted by molar-refractivity contribution is 9.10. The van der Waals surface area contributed by atoms with Gasteiger partial charge in [-0.2, -0.15) is 0 Å². The molecule has 0 aliphatic heterocycles. The molecule has 0 spiro atoms. The Morgan fingerprint density at radius 3 is 2.43 bits per heavy atom. The van der Waals surface area contributed by atoms with Crippen LogP contribution in [-0.2, 0) is 0 Å². The van der Waals surface area contributed by atoms with Gasteiger partial charge in [0.05, 0.1) is 18.7 Å². The van der Waals surface area contributed by atoms with Gasteiger partial charge in [-0.3, -0.25) is 4.79 Å². The summed E-state index contributed by atoms with van der Waals surface area (Å²) >= 11 is 3.37. The van der Waals surface area contributed by atoms with Crippen molar-refractivity contribution >= 4 is 27.5 Å². The molecular formula is C16H16BrNO3. The number of carbonyl (C=O) groups excluding carboxylic acids is 1. The summed E-state index contributed by atoms with van der Waals surface area (Å²) < 4.78 is 11.0. The van der Waals surface area contributed by atoms with Crippen LogP contribution in [0.4, 0.5) is 5.69 Å². The van der Waals surface area contributed by atoms with Crippen LogP contribution < -0.4 is 14.8 Å². The molecule has 0 fully saturated rings. The number of hydrogen-bond acceptors (Lipinski definition) is 3. The molecule has 0 bridgehead atoms. The van der Waals surface area contributed by atoms with Crippen LogP contribution in [0.15, 0.2) is 40.9 Å². The average molecular weight is 350 g/mol. The molecule has 0 saturated carbocycles. The second-order valence-corrected chi connectivity index (χ2v) is 5.34. The molecule has 2 aromatic carbocycles. The molecule has 0 atom stereocenters. The lowest BCUT2D eigenvalue weighted by Crippen LogP contribution is -2.12. The zero-order valence-corrected chi connectivity index (χ0v) is 13.7. The minimum Gasteiger partial charge on any atom is -0.497 e. The van der Waals surface area contributed by atoms with Crippen molar-refractivity contribution in [1.29, 1.82) is 0 Å². The molecule has 0 radical (unpaired) electrons. The van der Waals surface area contributed by atoms with Gasteiger partial charge in [-0.1, -0.05) is 0 Å². The van der Waals surface area contributed by atoms with Crippen molar-refractivity contribution in [2.75, 3.05) is 19.5 Å². The summed E-state index contributed by atoms with van der Waals surface area (Å²) in [6.45, 7) is 1.92. The maximum absolute atomic E-state index is 12.3. The zero-order chi connectivity index (χ0) is 15.4. The molecule has 0 saturated heterocycles. The summed E-state index contributed by atoms with van der Waals surface area (Å²) in [6.07, 6.45) is 0. The molecule has 21 heavy (non-hydrogen) atoms. The summed E-state index contributed by atoms with van der Waals surface area (Å²) in [5.74, 6) is 1.27. The molecular weight excluding hydrogens is 334 g/mol. The molecule has 0 heterocycles. The first-order valence-electron chi connectivity index (χ1n) is 6.34. The topological polar surface area (TPSA) is 47.6 Å². The van der Waals surface area contributed by atoms with Gasteiger partial charge >= 0.3 is 0 Å². The summed E-state index contributed by atoms with van der Waals surface area (Å²) in [5, 5.41) is 2.89. The minimum absolute atomic E-state index is 0.174. The second kappa shape index (κ2) is 6.63. The van der Waals surface area contributed by atoms with Crippen LogP contribution >= 0.6 is 15.9 Å². The number of carbonyl (C=O) groups is 1. The summed E-state index contributed by atoms with van der Waals surface area (Å²) in [7, 11) is 3.20. The fraction of sp³-hybridized carbons (Fsp3) is 0.188. The van der Waals surface area contributed by atoms with E-state index in [4.69, 9.17) is 9.47 Å². The van der Waals surface area contributed by atoms with Gasteiger partial charge in [-0.15, -0.1) is 0 Å². The fourth-order valence-electron chi connectivity index (χ4n) is 1.91. The first-order valence-corrected chi connectivity index (χ1v) is 7.14. The normalized spacial score (nSPS) is 10.1. The Bertz CT molecular complexity index is 671. The van der Waals surface area contributed by atoms with E-state index in [1.54, 1.807) is 32.4 Å². The number of ether oxygens (including phenoxy) is 2. The van der Waals surface area contributed by atoms with E-state index in [1.165, 1.54) is 0 Å². The molecule has 1 amide bonds. The first-order chi connectivity index (χ1) is 10.0. The van der Waals surface area contributed by atoms with E-state index in [2.05, 4.69) is 21.2 Å². The molecule has 5 heteroatoms. The lowest BCUT2D eigenvalue weighted by Gasteiger charge is -2.11. The second-order valence-electron chi connectivity index (χ2n) is 4.48. The van der Waals surface area contributed by atoms with E-state index in [0.717, 1.165) is 21.5 Å². The summed E-state index contributed by atoms with van der Waals surface area (Å²) in [4.78, 5) is 12.3. The number of benzene rings is 2. The Hall–Kier alpha value is -2.01. The van der Waals surface area contributed by atoms with Gasteiger partial charge in [0.25, 0.3) is 5.91 Å². The highest BCUT2D eigenvalue weighted by Gasteiger charge is 2.10. The minimum atomic E-state index is -0.174. The third-order valence-electron chi connectivity index (χ3n) is 3.10. The number of halogens is 1. The molecule has 0 aliphatic carbocycles. The van der Waals surface area contributed by atoms with Crippen molar-refractivity contribution in [3.8, 4) is 11.5 Å². The monoisotopic (exact) mass is 349 g/mol. The number of rotatable bonds is 4. The SMILES string of the molecule is COc1ccc(NC(=O)c2ccc(OC)c(Br)c2)c(C)c1. The molecule has 1 N–H and O–H groups in total. The van der Waals surface area contributed by atoms with Gasteiger partial charge in [-0.05, 0) is 64.8 Å². The number of aryl methyl sites for hydroxylation is 1. The number of hydrogen-bond donors (Lipinski definition) is 1. The van der Waals surface area contributed by atoms with Crippen molar-refractivity contribution in [2.45, 2.75) is 6.92 Å². The summed E-state index contributed by atoms with van der Waals surface area (Å²) in [5.41, 5.74) is 2.25. The van der Waals surface area contributed by atoms with Crippen LogP contribution in [0.25, 0.3) is 0 Å². The highest BCUT2D eigenvalue weighted by atomic mass is 79.9. The van der Waals surface area contributed by atoms with E-state index in [0.29, 0.717) is 11.3 Å². The Labute approximate surface area is 132 Å². The maximum atomic E-state index is 12.3. The third-order valence-corrected chi connectivity index (χ3v) is 3.72. The lowest BCUT2D eigenvalue weighted by molar-refractivity contribution is 0.102. The zero-order valence-electron chi connectivity index (χ0n) is 12.1. The largest absolute Gasteiger partial charge is 0.497 e. The van der Waals surface area contributed by atoms with Crippen LogP contribution in [0.5, 0.6) is 11.5 Å². The Kier molecular flexibility index (Phi) is 4.85. The quantitative estimate of drug-likeness (QED) is 0.906. The van der Waals surface area contributed by atoms with Crippen LogP contribution in [0.2, 0.25) is 0 Å². The van der Waals surface area contributed by atoms with Crippen molar-refractivity contribution in [3.63, 3.8) is 0 Å². The number of nitrogens with one attached hydrogen (secondary N) is 1. The maximum Gasteiger partial charge on any atom is 0.255 e. The average Bonchev–Trinajstić information content (AvgIpc) is 2.49. The molecule has 110 valence electrons. The number of anilines is 1. The third kappa shape index (κ3) is 3.55. The number of amides is 1. The molecule has 0 unspecified atom stereocenters. The van der Waals surface area contributed by atoms with E-state index < -0.39 is 0 Å². The van der Waals surface area contributed by atoms with E-state index in [9.17, 15) is 4.79 Å². The fourth-order valence-corrected chi connectivity index (χ4v) is 2.45. The van der Waals surface area contributed by atoms with Gasteiger partial charge in [0, 0.05) is 11.3 Å². The van der Waals surface area contributed by atoms with E-state index in [1.807, 2.05) is 25.1 Å². The van der Waals surface area contributed by atoms with Gasteiger partial charge in [0.15, 0.2) is 0 Å². The van der Waals surface area contributed by atoms with Crippen molar-refractivity contribution < 1.29 is 14.3 Å². The van der Waals surface area contributed by atoms with Crippen molar-refractivity contribution in [1.82, 2.24) is 0 Å². The lowest BCUT2D eigenvalue weighted by atomic mass is 10.1. The Balaban J connectivity index is 2.20. The summed E-state index contributed by atoms with van der Waals surface area (Å²) in [6, 6.07) is 10.7. The van der Waals surface area contributed by atoms with Crippen LogP contribution in [0.3, 0.4) is 0 Å². The van der Waals surface area contributed by atoms with Gasteiger partial charge in [0.1, 0.15) is 11.5 Å². The molecule has 2 aromatic rings. The predicted molar refractivity (Wildman–Crippen MR) is 86.4 cm³/mol. The molecule has 0 aromatic heterocycles. The smallest absolute Gasteiger partial charge is 0.255 e. The van der Waals surface area contributed by atoms with Gasteiger partial charge in [0.2, 0.25) is 0 Å². The van der Waals surface area contributed by atoms with Crippen LogP contribution in [0.1, 0.15) is 15.9 Å². The predicted octanol–water partition coefficient (Wildman–Crippen LogP) is 4.03. The van der Waals surface area contributed by atoms with E-state index in [-0.39, 0.29) is 5.91 Å². The van der Waals surface area contributed by atoms with Crippen LogP contribution in [0, 0.1) is 6.92 Å². The van der Waals surface area contributed by atoms with Crippen molar-refractivity contribution in [2.24, 2.45) is 0 Å². The van der Waals surface area contributed by atoms with Crippen molar-refractivity contribution in [3.05, 3.63) is 52.0 Å². The molecule has 4 nitrogen and oxygen atoms in total. The van der Waals surface area contributed by atoms with E-state index >= 15 is 0 Å². The van der Waals surface area contributed by atoms with Gasteiger partial charge in [-0.25, -0.2) is 0 Å². The first kappa shape index (κ1) is 15.4. The molecule has 0 aliphatic rings. The Morgan fingerprint density at radius 1 is 1.10 bits per heavy atom. The standard InChI is InChI=1S/C16H16BrNO3/c1-10-8-12(20-2)5-6-14(10)18-16(19)11-4-7-15(21-3)13(17)9-11/h4-9H,1-3H3,(H,18,19). The number of methoxy groups -OCH3 is 2. The van der Waals surface area contributed by atoms with Gasteiger partial charge < -0.3 is 14.8 Å². The van der Waals surface area contributed by atoms with Crippen LogP contribution in [-0.4, -0.2) is 20.1 Å². The highest BCUT2D eigenvalue weighted by Crippen LogP contribution is 2.26. The molecule has 2 rings (SSSR count).